The molecule has 1 N–H and O–H groups in total. The summed E-state index contributed by atoms with van der Waals surface area (Å²) in [5.41, 5.74) is 2.00. The smallest absolute Gasteiger partial charge is 0.284 e. The molecule has 1 heterocycles. The number of sulfone groups is 1. The van der Waals surface area contributed by atoms with E-state index in [1.165, 1.54) is 18.2 Å². The normalized spacial score (nSPS) is 11.3. The summed E-state index contributed by atoms with van der Waals surface area (Å²) in [6.45, 7) is 0. The molecule has 5 nitrogen and oxygen atoms in total. The first kappa shape index (κ1) is 20.9. The third-order valence-corrected chi connectivity index (χ3v) is 6.76. The maximum absolute atomic E-state index is 13.5. The predicted molar refractivity (Wildman–Crippen MR) is 120 cm³/mol. The molecule has 1 aromatic heterocycles. The number of hydrogen-bond acceptors (Lipinski definition) is 5. The number of amides is 1. The lowest BCUT2D eigenvalue weighted by molar-refractivity contribution is 0.102. The molecular weight excluding hydrogens is 435 g/mol. The van der Waals surface area contributed by atoms with Crippen LogP contribution in [0.1, 0.15) is 9.80 Å². The third-order valence-electron chi connectivity index (χ3n) is 4.50. The highest BCUT2D eigenvalue weighted by Crippen LogP contribution is 2.39. The molecule has 0 saturated carbocycles. The van der Waals surface area contributed by atoms with E-state index in [0.717, 1.165) is 17.6 Å². The Labute approximate surface area is 183 Å². The number of nitrogens with zero attached hydrogens (tertiary/aromatic N) is 1. The Bertz CT molecular complexity index is 1350. The lowest BCUT2D eigenvalue weighted by Gasteiger charge is -2.08. The molecule has 0 aliphatic rings. The number of thiazole rings is 1. The fraction of sp³-hybridized carbons (Fsp3) is 0.0435. The van der Waals surface area contributed by atoms with Crippen molar-refractivity contribution in [2.75, 3.05) is 11.6 Å². The van der Waals surface area contributed by atoms with Gasteiger partial charge < -0.3 is 5.32 Å². The van der Waals surface area contributed by atoms with Crippen LogP contribution in [0, 0.1) is 5.82 Å². The zero-order valence-corrected chi connectivity index (χ0v) is 18.0. The molecule has 156 valence electrons. The summed E-state index contributed by atoms with van der Waals surface area (Å²) in [6.07, 6.45) is 1.12. The molecule has 1 amide bonds. The van der Waals surface area contributed by atoms with Gasteiger partial charge in [-0.3, -0.25) is 4.79 Å². The van der Waals surface area contributed by atoms with E-state index in [1.807, 2.05) is 6.07 Å². The van der Waals surface area contributed by atoms with Gasteiger partial charge in [0.1, 0.15) is 5.82 Å². The zero-order valence-electron chi connectivity index (χ0n) is 16.4. The summed E-state index contributed by atoms with van der Waals surface area (Å²) < 4.78 is 38.2. The molecule has 31 heavy (non-hydrogen) atoms. The monoisotopic (exact) mass is 452 g/mol. The van der Waals surface area contributed by atoms with Gasteiger partial charge >= 0.3 is 0 Å². The highest BCUT2D eigenvalue weighted by Gasteiger charge is 2.23. The number of carbonyl (C=O) groups excluding carboxylic acids is 1. The Morgan fingerprint density at radius 2 is 1.58 bits per heavy atom. The minimum absolute atomic E-state index is 0.110. The molecule has 0 fully saturated rings. The van der Waals surface area contributed by atoms with Crippen molar-refractivity contribution in [1.29, 1.82) is 0 Å². The van der Waals surface area contributed by atoms with Gasteiger partial charge in [0.15, 0.2) is 14.8 Å². The summed E-state index contributed by atoms with van der Waals surface area (Å²) in [4.78, 5) is 18.0. The minimum atomic E-state index is -3.54. The molecule has 3 aromatic carbocycles. The summed E-state index contributed by atoms with van der Waals surface area (Å²) in [7, 11) is -3.54. The van der Waals surface area contributed by atoms with E-state index in [1.54, 1.807) is 54.6 Å². The van der Waals surface area contributed by atoms with E-state index in [-0.39, 0.29) is 9.90 Å². The standard InChI is InChI=1S/C23H17FN2O3S2/c1-31(28,29)19-10-6-5-9-18(19)20-21(15-11-13-16(24)14-12-15)30-23(26-20)22(27)25-17-7-3-2-4-8-17/h2-14H,1H3,(H,25,27). The van der Waals surface area contributed by atoms with Crippen LogP contribution in [-0.2, 0) is 9.84 Å². The van der Waals surface area contributed by atoms with Crippen LogP contribution >= 0.6 is 11.3 Å². The minimum Gasteiger partial charge on any atom is -0.320 e. The van der Waals surface area contributed by atoms with E-state index in [0.29, 0.717) is 27.4 Å². The zero-order chi connectivity index (χ0) is 22.0. The van der Waals surface area contributed by atoms with Crippen molar-refractivity contribution < 1.29 is 17.6 Å². The van der Waals surface area contributed by atoms with Gasteiger partial charge in [-0.15, -0.1) is 11.3 Å². The topological polar surface area (TPSA) is 76.1 Å². The fourth-order valence-electron chi connectivity index (χ4n) is 3.09. The molecule has 4 rings (SSSR count). The molecule has 0 bridgehead atoms. The Hall–Kier alpha value is -3.36. The molecule has 0 aliphatic carbocycles. The van der Waals surface area contributed by atoms with E-state index < -0.39 is 21.6 Å². The highest BCUT2D eigenvalue weighted by molar-refractivity contribution is 7.90. The quantitative estimate of drug-likeness (QED) is 0.447. The number of carbonyl (C=O) groups is 1. The second-order valence-electron chi connectivity index (χ2n) is 6.79. The largest absolute Gasteiger partial charge is 0.320 e. The first-order chi connectivity index (χ1) is 14.8. The van der Waals surface area contributed by atoms with Crippen LogP contribution in [0.5, 0.6) is 0 Å². The van der Waals surface area contributed by atoms with Gasteiger partial charge in [-0.2, -0.15) is 0 Å². The van der Waals surface area contributed by atoms with Crippen LogP contribution in [-0.4, -0.2) is 25.6 Å². The van der Waals surface area contributed by atoms with Gasteiger partial charge in [-0.25, -0.2) is 17.8 Å². The number of anilines is 1. The Morgan fingerprint density at radius 3 is 2.26 bits per heavy atom. The van der Waals surface area contributed by atoms with Gasteiger partial charge in [-0.05, 0) is 35.9 Å². The summed E-state index contributed by atoms with van der Waals surface area (Å²) in [5, 5.41) is 2.95. The summed E-state index contributed by atoms with van der Waals surface area (Å²) in [6, 6.07) is 21.2. The molecule has 0 saturated heterocycles. The van der Waals surface area contributed by atoms with Crippen molar-refractivity contribution in [3.8, 4) is 21.7 Å². The number of hydrogen-bond donors (Lipinski definition) is 1. The molecule has 0 aliphatic heterocycles. The number of para-hydroxylation sites is 1. The van der Waals surface area contributed by atoms with Gasteiger partial charge in [0.25, 0.3) is 5.91 Å². The maximum atomic E-state index is 13.5. The molecule has 0 spiro atoms. The van der Waals surface area contributed by atoms with Crippen LogP contribution < -0.4 is 5.32 Å². The molecular formula is C23H17FN2O3S2. The SMILES string of the molecule is CS(=O)(=O)c1ccccc1-c1nc(C(=O)Nc2ccccc2)sc1-c1ccc(F)cc1. The van der Waals surface area contributed by atoms with E-state index in [9.17, 15) is 17.6 Å². The number of aromatic nitrogens is 1. The van der Waals surface area contributed by atoms with Crippen LogP contribution in [0.15, 0.2) is 83.8 Å². The number of rotatable bonds is 5. The summed E-state index contributed by atoms with van der Waals surface area (Å²) >= 11 is 1.12. The predicted octanol–water partition coefficient (Wildman–Crippen LogP) is 5.27. The van der Waals surface area contributed by atoms with E-state index in [4.69, 9.17) is 0 Å². The van der Waals surface area contributed by atoms with E-state index in [2.05, 4.69) is 10.3 Å². The van der Waals surface area contributed by atoms with Crippen molar-refractivity contribution in [2.45, 2.75) is 4.90 Å². The second-order valence-corrected chi connectivity index (χ2v) is 9.78. The molecule has 8 heteroatoms. The van der Waals surface area contributed by atoms with Crippen LogP contribution in [0.2, 0.25) is 0 Å². The average molecular weight is 453 g/mol. The molecule has 4 aromatic rings. The van der Waals surface area contributed by atoms with Gasteiger partial charge in [0.2, 0.25) is 0 Å². The number of benzene rings is 3. The highest BCUT2D eigenvalue weighted by atomic mass is 32.2. The number of halogens is 1. The van der Waals surface area contributed by atoms with Gasteiger partial charge in [-0.1, -0.05) is 48.5 Å². The van der Waals surface area contributed by atoms with Crippen LogP contribution in [0.25, 0.3) is 21.7 Å². The van der Waals surface area contributed by atoms with Crippen molar-refractivity contribution in [3.05, 3.63) is 89.7 Å². The van der Waals surface area contributed by atoms with Crippen molar-refractivity contribution in [1.82, 2.24) is 4.98 Å². The van der Waals surface area contributed by atoms with Crippen molar-refractivity contribution >= 4 is 32.8 Å². The van der Waals surface area contributed by atoms with Crippen molar-refractivity contribution in [3.63, 3.8) is 0 Å². The fourth-order valence-corrected chi connectivity index (χ4v) is 4.96. The molecule has 0 radical (unpaired) electrons. The van der Waals surface area contributed by atoms with Crippen molar-refractivity contribution in [2.24, 2.45) is 0 Å². The lowest BCUT2D eigenvalue weighted by Crippen LogP contribution is -2.11. The summed E-state index contributed by atoms with van der Waals surface area (Å²) in [5.74, 6) is -0.809. The first-order valence-corrected chi connectivity index (χ1v) is 12.0. The lowest BCUT2D eigenvalue weighted by atomic mass is 10.1. The Balaban J connectivity index is 1.86. The second kappa shape index (κ2) is 8.41. The molecule has 0 unspecified atom stereocenters. The van der Waals surface area contributed by atoms with Crippen LogP contribution in [0.4, 0.5) is 10.1 Å². The Morgan fingerprint density at radius 1 is 0.935 bits per heavy atom. The van der Waals surface area contributed by atoms with E-state index >= 15 is 0 Å². The van der Waals surface area contributed by atoms with Gasteiger partial charge in [0, 0.05) is 17.5 Å². The van der Waals surface area contributed by atoms with Crippen LogP contribution in [0.3, 0.4) is 0 Å². The first-order valence-electron chi connectivity index (χ1n) is 9.25. The average Bonchev–Trinajstić information content (AvgIpc) is 3.20. The third kappa shape index (κ3) is 4.55. The van der Waals surface area contributed by atoms with Gasteiger partial charge in [0.05, 0.1) is 15.5 Å². The Kier molecular flexibility index (Phi) is 5.67. The molecule has 0 atom stereocenters. The number of nitrogens with one attached hydrogen (secondary N) is 1. The maximum Gasteiger partial charge on any atom is 0.284 e.